The maximum absolute atomic E-state index is 6.52. The molecule has 0 bridgehead atoms. The fraction of sp³-hybridized carbons (Fsp3) is 0.224. The van der Waals surface area contributed by atoms with Crippen molar-refractivity contribution in [3.05, 3.63) is 179 Å². The van der Waals surface area contributed by atoms with Crippen molar-refractivity contribution in [3.63, 3.8) is 0 Å². The monoisotopic (exact) mass is 756 g/mol. The summed E-state index contributed by atoms with van der Waals surface area (Å²) in [5, 5.41) is 7.96. The van der Waals surface area contributed by atoms with Gasteiger partial charge in [0.1, 0.15) is 12.7 Å². The summed E-state index contributed by atoms with van der Waals surface area (Å²) in [6, 6.07) is 55.5. The molecule has 2 aliphatic heterocycles. The zero-order valence-corrected chi connectivity index (χ0v) is 33.6. The molecule has 5 atom stereocenters. The normalized spacial score (nSPS) is 20.4. The van der Waals surface area contributed by atoms with Crippen molar-refractivity contribution in [3.8, 4) is 0 Å². The lowest BCUT2D eigenvalue weighted by Gasteiger charge is -2.26. The van der Waals surface area contributed by atoms with Crippen LogP contribution in [-0.2, 0) is 15.9 Å². The third-order valence-corrected chi connectivity index (χ3v) is 16.6. The Balaban J connectivity index is 1.06. The summed E-state index contributed by atoms with van der Waals surface area (Å²) in [6.45, 7) is 9.62. The van der Waals surface area contributed by atoms with Gasteiger partial charge in [0.2, 0.25) is 11.8 Å². The molecule has 1 aliphatic carbocycles. The van der Waals surface area contributed by atoms with E-state index < -0.39 is 15.8 Å². The highest BCUT2D eigenvalue weighted by Gasteiger charge is 2.54. The predicted molar refractivity (Wildman–Crippen MR) is 233 cm³/mol. The van der Waals surface area contributed by atoms with Crippen LogP contribution in [0.2, 0.25) is 0 Å². The van der Waals surface area contributed by atoms with Gasteiger partial charge in [-0.1, -0.05) is 147 Å². The Morgan fingerprint density at radius 1 is 0.600 bits per heavy atom. The standard InChI is InChI=1S/C49H46N2O2P2/c1-32-17-11-14-24-42(32)55(43-25-15-12-18-33(43)2)45-30-36(27-28-40(45)49-51-46-35(4)47(46)53-49)29-34(3)41-31-52-48(50-41)39-23-13-16-26-44(39)54(37-19-7-5-8-20-37)38-21-9-6-10-22-38/h5-28,30,34-35,41,46-47H,29,31H2,1-4H3/t34-,35-,41?,46?,47?/m1/s1. The largest absolute Gasteiger partial charge is 0.475 e. The van der Waals surface area contributed by atoms with Gasteiger partial charge >= 0.3 is 0 Å². The number of fused-ring (bicyclic) bond motifs is 1. The van der Waals surface area contributed by atoms with E-state index in [0.29, 0.717) is 12.5 Å². The molecule has 0 N–H and O–H groups in total. The average molecular weight is 757 g/mol. The van der Waals surface area contributed by atoms with Gasteiger partial charge in [-0.2, -0.15) is 0 Å². The first-order valence-electron chi connectivity index (χ1n) is 19.4. The van der Waals surface area contributed by atoms with Crippen LogP contribution in [0.3, 0.4) is 0 Å². The van der Waals surface area contributed by atoms with E-state index in [2.05, 4.69) is 179 Å². The molecule has 274 valence electrons. The fourth-order valence-electron chi connectivity index (χ4n) is 8.06. The van der Waals surface area contributed by atoms with Crippen molar-refractivity contribution in [2.45, 2.75) is 52.3 Å². The second-order valence-electron chi connectivity index (χ2n) is 15.1. The Labute approximate surface area is 327 Å². The van der Waals surface area contributed by atoms with E-state index in [0.717, 1.165) is 29.3 Å². The fourth-order valence-corrected chi connectivity index (χ4v) is 13.3. The minimum Gasteiger partial charge on any atom is -0.475 e. The lowest BCUT2D eigenvalue weighted by atomic mass is 9.94. The lowest BCUT2D eigenvalue weighted by Crippen LogP contribution is -2.29. The Hall–Kier alpha value is -4.88. The molecule has 6 aromatic rings. The molecule has 1 fully saturated rings. The highest BCUT2D eigenvalue weighted by atomic mass is 31.1. The molecule has 0 radical (unpaired) electrons. The molecule has 0 spiro atoms. The zero-order valence-electron chi connectivity index (χ0n) is 31.8. The molecule has 55 heavy (non-hydrogen) atoms. The first-order chi connectivity index (χ1) is 26.9. The summed E-state index contributed by atoms with van der Waals surface area (Å²) >= 11 is 0. The molecule has 0 saturated heterocycles. The summed E-state index contributed by atoms with van der Waals surface area (Å²) in [7, 11) is -1.68. The van der Waals surface area contributed by atoms with E-state index in [1.165, 1.54) is 48.5 Å². The molecule has 6 heteroatoms. The zero-order chi connectivity index (χ0) is 37.5. The first-order valence-corrected chi connectivity index (χ1v) is 22.1. The summed E-state index contributed by atoms with van der Waals surface area (Å²) < 4.78 is 13.0. The molecular formula is C49H46N2O2P2. The number of hydrogen-bond acceptors (Lipinski definition) is 4. The summed E-state index contributed by atoms with van der Waals surface area (Å²) in [4.78, 5) is 10.4. The number of nitrogens with zero attached hydrogens (tertiary/aromatic N) is 2. The molecule has 2 heterocycles. The second-order valence-corrected chi connectivity index (χ2v) is 19.4. The van der Waals surface area contributed by atoms with Crippen LogP contribution in [0.25, 0.3) is 0 Å². The van der Waals surface area contributed by atoms with E-state index in [-0.39, 0.29) is 24.1 Å². The maximum atomic E-state index is 6.52. The molecule has 6 aromatic carbocycles. The number of benzene rings is 6. The van der Waals surface area contributed by atoms with Gasteiger partial charge in [0.25, 0.3) is 0 Å². The SMILES string of the molecule is Cc1ccccc1P(c1ccccc1C)c1cc(C[C@@H](C)C2COC(c3ccccc3P(c3ccccc3)c3ccccc3)=N2)ccc1C1=NC2C(O1)[C@@H]2C. The topological polar surface area (TPSA) is 43.2 Å². The molecular weight excluding hydrogens is 710 g/mol. The van der Waals surface area contributed by atoms with Crippen LogP contribution < -0.4 is 31.8 Å². The summed E-state index contributed by atoms with van der Waals surface area (Å²) in [6.07, 6.45) is 1.10. The number of aliphatic imine (C=N–C) groups is 2. The predicted octanol–water partition coefficient (Wildman–Crippen LogP) is 8.01. The molecule has 0 aromatic heterocycles. The minimum atomic E-state index is -0.884. The van der Waals surface area contributed by atoms with Gasteiger partial charge in [-0.05, 0) is 109 Å². The van der Waals surface area contributed by atoms with Crippen molar-refractivity contribution in [1.29, 1.82) is 0 Å². The first kappa shape index (κ1) is 35.8. The van der Waals surface area contributed by atoms with Crippen molar-refractivity contribution in [2.75, 3.05) is 6.61 Å². The quantitative estimate of drug-likeness (QED) is 0.126. The molecule has 9 rings (SSSR count). The number of ether oxygens (including phenoxy) is 2. The van der Waals surface area contributed by atoms with Crippen LogP contribution in [0.4, 0.5) is 0 Å². The third-order valence-electron chi connectivity index (χ3n) is 11.3. The minimum absolute atomic E-state index is 0.0521. The molecule has 3 aliphatic rings. The smallest absolute Gasteiger partial charge is 0.217 e. The van der Waals surface area contributed by atoms with E-state index in [1.54, 1.807) is 0 Å². The van der Waals surface area contributed by atoms with Gasteiger partial charge in [-0.3, -0.25) is 0 Å². The molecule has 4 nitrogen and oxygen atoms in total. The van der Waals surface area contributed by atoms with Gasteiger partial charge in [0.05, 0.1) is 12.1 Å². The average Bonchev–Trinajstić information content (AvgIpc) is 3.58. The van der Waals surface area contributed by atoms with E-state index >= 15 is 0 Å². The highest BCUT2D eigenvalue weighted by molar-refractivity contribution is 7.80. The Morgan fingerprint density at radius 2 is 1.16 bits per heavy atom. The van der Waals surface area contributed by atoms with Gasteiger partial charge in [-0.25, -0.2) is 9.98 Å². The van der Waals surface area contributed by atoms with Crippen molar-refractivity contribution in [2.24, 2.45) is 21.8 Å². The van der Waals surface area contributed by atoms with Crippen molar-refractivity contribution >= 4 is 59.5 Å². The summed E-state index contributed by atoms with van der Waals surface area (Å²) in [5.74, 6) is 2.33. The van der Waals surface area contributed by atoms with Gasteiger partial charge in [0.15, 0.2) is 0 Å². The van der Waals surface area contributed by atoms with Crippen LogP contribution >= 0.6 is 15.8 Å². The Kier molecular flexibility index (Phi) is 9.98. The molecule has 1 saturated carbocycles. The van der Waals surface area contributed by atoms with E-state index in [1.807, 2.05) is 0 Å². The number of hydrogen-bond donors (Lipinski definition) is 0. The van der Waals surface area contributed by atoms with Crippen molar-refractivity contribution in [1.82, 2.24) is 0 Å². The Bertz CT molecular complexity index is 2310. The third kappa shape index (κ3) is 7.08. The van der Waals surface area contributed by atoms with Crippen LogP contribution in [0.15, 0.2) is 162 Å². The van der Waals surface area contributed by atoms with Crippen LogP contribution in [0.1, 0.15) is 41.7 Å². The van der Waals surface area contributed by atoms with Crippen LogP contribution in [-0.4, -0.2) is 36.6 Å². The highest BCUT2D eigenvalue weighted by Crippen LogP contribution is 2.44. The molecule has 0 amide bonds. The van der Waals surface area contributed by atoms with Gasteiger partial charge in [-0.15, -0.1) is 0 Å². The van der Waals surface area contributed by atoms with Gasteiger partial charge < -0.3 is 9.47 Å². The Morgan fingerprint density at radius 3 is 1.76 bits per heavy atom. The number of aryl methyl sites for hydroxylation is 2. The number of rotatable bonds is 11. The summed E-state index contributed by atoms with van der Waals surface area (Å²) in [5.41, 5.74) is 6.14. The van der Waals surface area contributed by atoms with Crippen LogP contribution in [0.5, 0.6) is 0 Å². The van der Waals surface area contributed by atoms with E-state index in [9.17, 15) is 0 Å². The van der Waals surface area contributed by atoms with Gasteiger partial charge in [0, 0.05) is 17.0 Å². The second kappa shape index (κ2) is 15.3. The maximum Gasteiger partial charge on any atom is 0.217 e. The lowest BCUT2D eigenvalue weighted by molar-refractivity contribution is 0.284. The molecule has 3 unspecified atom stereocenters. The van der Waals surface area contributed by atoms with Crippen molar-refractivity contribution < 1.29 is 9.47 Å². The van der Waals surface area contributed by atoms with Crippen LogP contribution in [0, 0.1) is 25.7 Å². The van der Waals surface area contributed by atoms with E-state index in [4.69, 9.17) is 19.5 Å².